The van der Waals surface area contributed by atoms with Gasteiger partial charge in [-0.15, -0.1) is 0 Å². The van der Waals surface area contributed by atoms with E-state index in [0.29, 0.717) is 22.7 Å². The normalized spacial score (nSPS) is 19.6. The summed E-state index contributed by atoms with van der Waals surface area (Å²) in [6.45, 7) is 2.28. The predicted molar refractivity (Wildman–Crippen MR) is 116 cm³/mol. The molecule has 0 aromatic heterocycles. The van der Waals surface area contributed by atoms with E-state index >= 15 is 0 Å². The number of methoxy groups -OCH3 is 1. The summed E-state index contributed by atoms with van der Waals surface area (Å²) in [4.78, 5) is 11.5. The van der Waals surface area contributed by atoms with E-state index in [0.717, 1.165) is 9.74 Å². The number of rotatable bonds is 6. The molecule has 0 radical (unpaired) electrons. The third-order valence-electron chi connectivity index (χ3n) is 5.47. The van der Waals surface area contributed by atoms with Gasteiger partial charge in [-0.05, 0) is 60.1 Å². The third-order valence-corrected chi connectivity index (χ3v) is 7.70. The molecule has 3 rings (SSSR count). The van der Waals surface area contributed by atoms with Gasteiger partial charge in [-0.2, -0.15) is 3.82 Å². The van der Waals surface area contributed by atoms with Crippen molar-refractivity contribution in [2.75, 3.05) is 10.9 Å². The Bertz CT molecular complexity index is 942. The Hall–Kier alpha value is -2.05. The van der Waals surface area contributed by atoms with Crippen molar-refractivity contribution in [1.82, 2.24) is 0 Å². The average Bonchev–Trinajstić information content (AvgIpc) is 2.73. The van der Waals surface area contributed by atoms with Crippen LogP contribution < -0.4 is 3.82 Å². The molecule has 1 aliphatic rings. The van der Waals surface area contributed by atoms with E-state index in [1.165, 1.54) is 50.5 Å². The molecule has 1 aliphatic carbocycles. The van der Waals surface area contributed by atoms with E-state index in [9.17, 15) is 13.2 Å². The molecular formula is C22H26ClNO4S. The van der Waals surface area contributed by atoms with Gasteiger partial charge in [0.15, 0.2) is 0 Å². The highest BCUT2D eigenvalue weighted by atomic mass is 35.5. The number of sulfonamides is 1. The van der Waals surface area contributed by atoms with Gasteiger partial charge in [0.05, 0.1) is 24.1 Å². The molecule has 2 aromatic rings. The second-order valence-corrected chi connectivity index (χ2v) is 10.1. The summed E-state index contributed by atoms with van der Waals surface area (Å²) in [7, 11) is -2.47. The average molecular weight is 436 g/mol. The second kappa shape index (κ2) is 9.18. The van der Waals surface area contributed by atoms with Crippen LogP contribution in [0.1, 0.15) is 60.0 Å². The number of halogens is 1. The van der Waals surface area contributed by atoms with Crippen LogP contribution in [0.5, 0.6) is 0 Å². The highest BCUT2D eigenvalue weighted by Crippen LogP contribution is 2.36. The van der Waals surface area contributed by atoms with Gasteiger partial charge in [-0.1, -0.05) is 44.0 Å². The molecule has 7 heteroatoms. The maximum absolute atomic E-state index is 12.7. The Morgan fingerprint density at radius 1 is 1.10 bits per heavy atom. The zero-order chi connectivity index (χ0) is 21.0. The molecule has 2 unspecified atom stereocenters. The summed E-state index contributed by atoms with van der Waals surface area (Å²) in [5.74, 6) is 0.524. The lowest BCUT2D eigenvalue weighted by molar-refractivity contribution is 0.0600. The molecule has 5 nitrogen and oxygen atoms in total. The number of esters is 1. The summed E-state index contributed by atoms with van der Waals surface area (Å²) >= 11 is 6.18. The smallest absolute Gasteiger partial charge is 0.337 e. The monoisotopic (exact) mass is 435 g/mol. The van der Waals surface area contributed by atoms with Gasteiger partial charge in [0.25, 0.3) is 10.0 Å². The number of nitrogens with zero attached hydrogens (tertiary/aromatic N) is 1. The Kier molecular flexibility index (Phi) is 6.85. The molecule has 1 fully saturated rings. The first-order chi connectivity index (χ1) is 13.8. The molecule has 2 aromatic carbocycles. The molecule has 0 saturated heterocycles. The number of anilines is 1. The van der Waals surface area contributed by atoms with E-state index in [1.807, 2.05) is 12.1 Å². The van der Waals surface area contributed by atoms with Crippen molar-refractivity contribution in [2.45, 2.75) is 44.3 Å². The summed E-state index contributed by atoms with van der Waals surface area (Å²) in [6, 6.07) is 13.7. The Labute approximate surface area is 177 Å². The molecular weight excluding hydrogens is 410 g/mol. The van der Waals surface area contributed by atoms with Crippen LogP contribution in [0.3, 0.4) is 0 Å². The van der Waals surface area contributed by atoms with Gasteiger partial charge in [0, 0.05) is 11.8 Å². The van der Waals surface area contributed by atoms with Gasteiger partial charge in [-0.25, -0.2) is 13.2 Å². The van der Waals surface area contributed by atoms with E-state index in [4.69, 9.17) is 11.8 Å². The predicted octanol–water partition coefficient (Wildman–Crippen LogP) is 5.26. The quantitative estimate of drug-likeness (QED) is 0.458. The van der Waals surface area contributed by atoms with Crippen LogP contribution in [-0.2, 0) is 20.5 Å². The minimum Gasteiger partial charge on any atom is -0.465 e. The summed E-state index contributed by atoms with van der Waals surface area (Å²) in [5.41, 5.74) is 2.56. The van der Waals surface area contributed by atoms with Crippen LogP contribution in [0.4, 0.5) is 5.69 Å². The summed E-state index contributed by atoms with van der Waals surface area (Å²) < 4.78 is 30.9. The standard InChI is InChI=1S/C22H26ClNO4S/c1-16-4-3-5-20(14-16)18-10-12-21(13-11-18)24(23)29(26,27)15-17-6-8-19(9-7-17)22(25)28-2/h6-13,16,20H,3-5,14-15H2,1-2H3. The van der Waals surface area contributed by atoms with Gasteiger partial charge in [0.2, 0.25) is 0 Å². The van der Waals surface area contributed by atoms with Crippen LogP contribution in [0.15, 0.2) is 48.5 Å². The fourth-order valence-electron chi connectivity index (χ4n) is 3.88. The molecule has 0 amide bonds. The highest BCUT2D eigenvalue weighted by molar-refractivity contribution is 7.93. The van der Waals surface area contributed by atoms with Gasteiger partial charge in [-0.3, -0.25) is 0 Å². The van der Waals surface area contributed by atoms with Gasteiger partial charge in [0.1, 0.15) is 0 Å². The van der Waals surface area contributed by atoms with Crippen molar-refractivity contribution in [1.29, 1.82) is 0 Å². The largest absolute Gasteiger partial charge is 0.465 e. The van der Waals surface area contributed by atoms with Crippen molar-refractivity contribution in [3.8, 4) is 0 Å². The molecule has 29 heavy (non-hydrogen) atoms. The number of ether oxygens (including phenoxy) is 1. The number of hydrogen-bond donors (Lipinski definition) is 0. The minimum absolute atomic E-state index is 0.264. The molecule has 0 spiro atoms. The number of carbonyl (C=O) groups excluding carboxylic acids is 1. The molecule has 156 valence electrons. The van der Waals surface area contributed by atoms with Crippen molar-refractivity contribution in [2.24, 2.45) is 5.92 Å². The minimum atomic E-state index is -3.77. The maximum atomic E-state index is 12.7. The van der Waals surface area contributed by atoms with E-state index in [-0.39, 0.29) is 5.75 Å². The van der Waals surface area contributed by atoms with Crippen LogP contribution in [0.25, 0.3) is 0 Å². The first kappa shape index (κ1) is 21.7. The molecule has 1 saturated carbocycles. The number of benzene rings is 2. The van der Waals surface area contributed by atoms with Gasteiger partial charge < -0.3 is 4.74 Å². The lowest BCUT2D eigenvalue weighted by Gasteiger charge is -2.27. The lowest BCUT2D eigenvalue weighted by atomic mass is 9.79. The van der Waals surface area contributed by atoms with Crippen molar-refractivity contribution < 1.29 is 17.9 Å². The molecule has 0 N–H and O–H groups in total. The maximum Gasteiger partial charge on any atom is 0.337 e. The van der Waals surface area contributed by atoms with E-state index in [1.54, 1.807) is 24.3 Å². The fourth-order valence-corrected chi connectivity index (χ4v) is 5.31. The molecule has 0 heterocycles. The fraction of sp³-hybridized carbons (Fsp3) is 0.409. The number of hydrogen-bond acceptors (Lipinski definition) is 4. The topological polar surface area (TPSA) is 63.7 Å². The first-order valence-corrected chi connectivity index (χ1v) is 11.7. The van der Waals surface area contributed by atoms with Crippen LogP contribution in [0, 0.1) is 5.92 Å². The Morgan fingerprint density at radius 3 is 2.34 bits per heavy atom. The molecule has 0 aliphatic heterocycles. The van der Waals surface area contributed by atoms with E-state index in [2.05, 4.69) is 11.7 Å². The first-order valence-electron chi connectivity index (χ1n) is 9.76. The van der Waals surface area contributed by atoms with Crippen LogP contribution in [-0.4, -0.2) is 21.5 Å². The highest BCUT2D eigenvalue weighted by Gasteiger charge is 2.24. The SMILES string of the molecule is COC(=O)c1ccc(CS(=O)(=O)N(Cl)c2ccc(C3CCCC(C)C3)cc2)cc1. The summed E-state index contributed by atoms with van der Waals surface area (Å²) in [6.07, 6.45) is 4.86. The van der Waals surface area contributed by atoms with Crippen molar-refractivity contribution in [3.63, 3.8) is 0 Å². The van der Waals surface area contributed by atoms with Crippen LogP contribution >= 0.6 is 11.8 Å². The van der Waals surface area contributed by atoms with Crippen LogP contribution in [0.2, 0.25) is 0 Å². The van der Waals surface area contributed by atoms with Crippen molar-refractivity contribution in [3.05, 3.63) is 65.2 Å². The third kappa shape index (κ3) is 5.31. The summed E-state index contributed by atoms with van der Waals surface area (Å²) in [5, 5.41) is 0. The molecule has 2 atom stereocenters. The number of carbonyl (C=O) groups is 1. The zero-order valence-electron chi connectivity index (χ0n) is 16.7. The molecule has 0 bridgehead atoms. The van der Waals surface area contributed by atoms with Gasteiger partial charge >= 0.3 is 5.97 Å². The van der Waals surface area contributed by atoms with Crippen molar-refractivity contribution >= 4 is 33.5 Å². The Morgan fingerprint density at radius 2 is 1.76 bits per heavy atom. The zero-order valence-corrected chi connectivity index (χ0v) is 18.2. The lowest BCUT2D eigenvalue weighted by Crippen LogP contribution is -2.23. The second-order valence-electron chi connectivity index (χ2n) is 7.72. The Balaban J connectivity index is 1.69. The van der Waals surface area contributed by atoms with E-state index < -0.39 is 16.0 Å².